The van der Waals surface area contributed by atoms with E-state index in [2.05, 4.69) is 34.5 Å². The van der Waals surface area contributed by atoms with Crippen LogP contribution in [-0.4, -0.2) is 55.2 Å². The molecule has 1 heterocycles. The fraction of sp³-hybridized carbons (Fsp3) is 0.613. The van der Waals surface area contributed by atoms with Crippen molar-refractivity contribution in [2.45, 2.75) is 71.1 Å². The number of esters is 1. The molecule has 1 N–H and O–H groups in total. The first-order valence-electron chi connectivity index (χ1n) is 14.5. The summed E-state index contributed by atoms with van der Waals surface area (Å²) in [6.07, 6.45) is 9.40. The largest absolute Gasteiger partial charge is 0.426 e. The van der Waals surface area contributed by atoms with Crippen molar-refractivity contribution in [3.63, 3.8) is 0 Å². The molecule has 0 radical (unpaired) electrons. The summed E-state index contributed by atoms with van der Waals surface area (Å²) in [4.78, 5) is 37.3. The second-order valence-electron chi connectivity index (χ2n) is 12.3. The number of oxime groups is 1. The molecule has 0 aliphatic heterocycles. The number of rotatable bonds is 9. The number of hydrogen-bond acceptors (Lipinski definition) is 8. The van der Waals surface area contributed by atoms with Crippen LogP contribution in [-0.2, 0) is 20.8 Å². The summed E-state index contributed by atoms with van der Waals surface area (Å²) >= 11 is 1.51. The topological polar surface area (TPSA) is 93.1 Å². The molecular formula is C31H42N4O4S. The van der Waals surface area contributed by atoms with Gasteiger partial charge >= 0.3 is 5.97 Å². The maximum atomic E-state index is 12.6. The Morgan fingerprint density at radius 3 is 2.83 bits per heavy atom. The van der Waals surface area contributed by atoms with Crippen molar-refractivity contribution in [1.82, 2.24) is 9.88 Å². The number of carbonyl (C=O) groups excluding carboxylic acids is 2. The lowest BCUT2D eigenvalue weighted by Gasteiger charge is -2.50. The molecule has 216 valence electrons. The lowest BCUT2D eigenvalue weighted by molar-refractivity contribution is -0.135. The average molecular weight is 567 g/mol. The Balaban J connectivity index is 1.29. The third-order valence-corrected chi connectivity index (χ3v) is 10.1. The summed E-state index contributed by atoms with van der Waals surface area (Å²) in [6.45, 7) is 4.65. The van der Waals surface area contributed by atoms with Crippen LogP contribution in [0.1, 0.15) is 73.8 Å². The number of nitrogens with zero attached hydrogens (tertiary/aromatic N) is 3. The van der Waals surface area contributed by atoms with Gasteiger partial charge in [-0.2, -0.15) is 0 Å². The van der Waals surface area contributed by atoms with Crippen LogP contribution in [0.5, 0.6) is 5.75 Å². The molecule has 9 heteroatoms. The van der Waals surface area contributed by atoms with Crippen LogP contribution < -0.4 is 10.1 Å². The Morgan fingerprint density at radius 1 is 1.27 bits per heavy atom. The van der Waals surface area contributed by atoms with Crippen LogP contribution in [0, 0.1) is 30.1 Å². The van der Waals surface area contributed by atoms with Gasteiger partial charge in [-0.05, 0) is 113 Å². The quantitative estimate of drug-likeness (QED) is 0.234. The van der Waals surface area contributed by atoms with Gasteiger partial charge in [0.1, 0.15) is 12.9 Å². The van der Waals surface area contributed by atoms with Gasteiger partial charge in [-0.3, -0.25) is 14.5 Å². The number of carbonyl (C=O) groups is 2. The number of aromatic nitrogens is 1. The molecule has 5 rings (SSSR count). The van der Waals surface area contributed by atoms with Crippen molar-refractivity contribution in [3.05, 3.63) is 40.4 Å². The van der Waals surface area contributed by atoms with Crippen molar-refractivity contribution >= 4 is 34.1 Å². The Kier molecular flexibility index (Phi) is 8.61. The summed E-state index contributed by atoms with van der Waals surface area (Å²) in [5.74, 6) is 2.50. The molecule has 2 aromatic rings. The molecule has 3 unspecified atom stereocenters. The molecule has 2 saturated carbocycles. The van der Waals surface area contributed by atoms with E-state index in [0.717, 1.165) is 49.8 Å². The highest BCUT2D eigenvalue weighted by atomic mass is 32.1. The van der Waals surface area contributed by atoms with Crippen molar-refractivity contribution in [2.24, 2.45) is 28.3 Å². The summed E-state index contributed by atoms with van der Waals surface area (Å²) in [5, 5.41) is 8.18. The van der Waals surface area contributed by atoms with Gasteiger partial charge in [0.25, 0.3) is 0 Å². The van der Waals surface area contributed by atoms with E-state index >= 15 is 0 Å². The third kappa shape index (κ3) is 5.96. The first-order valence-corrected chi connectivity index (χ1v) is 15.3. The van der Waals surface area contributed by atoms with E-state index in [1.807, 2.05) is 32.0 Å². The van der Waals surface area contributed by atoms with Crippen molar-refractivity contribution in [2.75, 3.05) is 33.1 Å². The van der Waals surface area contributed by atoms with Gasteiger partial charge in [0.15, 0.2) is 5.13 Å². The standard InChI is InChI=1S/C31H42N4O4S/c1-19-17-32-30(40-19)33-27(36)8-6-7-21-16-26(34-38-5)31(2)14-13-24-23-12-10-22(39-28(37)18-35(3)4)15-20(23)9-11-25(24)29(21)31/h10,12,15,17,21,24-25,29H,6-9,11,13-14,16,18H2,1-5H3,(H,32,33,36)/b34-26+/t21-,24?,25?,29?,31-/m1/s1. The number of benzene rings is 1. The zero-order valence-electron chi connectivity index (χ0n) is 24.4. The number of hydrogen-bond donors (Lipinski definition) is 1. The first-order chi connectivity index (χ1) is 19.2. The molecule has 2 fully saturated rings. The van der Waals surface area contributed by atoms with Crippen LogP contribution in [0.2, 0.25) is 0 Å². The zero-order chi connectivity index (χ0) is 28.4. The van der Waals surface area contributed by atoms with Gasteiger partial charge < -0.3 is 14.9 Å². The van der Waals surface area contributed by atoms with Crippen molar-refractivity contribution in [1.29, 1.82) is 0 Å². The second kappa shape index (κ2) is 12.0. The number of thiazole rings is 1. The van der Waals surface area contributed by atoms with E-state index in [-0.39, 0.29) is 23.8 Å². The number of nitrogens with one attached hydrogen (secondary N) is 1. The highest BCUT2D eigenvalue weighted by Gasteiger charge is 2.57. The summed E-state index contributed by atoms with van der Waals surface area (Å²) in [6, 6.07) is 6.25. The maximum Gasteiger partial charge on any atom is 0.325 e. The molecular weight excluding hydrogens is 524 g/mol. The lowest BCUT2D eigenvalue weighted by atomic mass is 9.54. The van der Waals surface area contributed by atoms with E-state index in [4.69, 9.17) is 9.57 Å². The first kappa shape index (κ1) is 28.7. The Bertz CT molecular complexity index is 1270. The minimum Gasteiger partial charge on any atom is -0.426 e. The summed E-state index contributed by atoms with van der Waals surface area (Å²) < 4.78 is 5.63. The van der Waals surface area contributed by atoms with E-state index in [1.165, 1.54) is 28.2 Å². The lowest BCUT2D eigenvalue weighted by Crippen LogP contribution is -2.44. The molecule has 0 saturated heterocycles. The Labute approximate surface area is 241 Å². The molecule has 40 heavy (non-hydrogen) atoms. The molecule has 0 bridgehead atoms. The van der Waals surface area contributed by atoms with Crippen molar-refractivity contribution < 1.29 is 19.2 Å². The monoisotopic (exact) mass is 566 g/mol. The summed E-state index contributed by atoms with van der Waals surface area (Å²) in [7, 11) is 5.37. The molecule has 1 aromatic carbocycles. The van der Waals surface area contributed by atoms with Gasteiger partial charge in [0.2, 0.25) is 5.91 Å². The number of ether oxygens (including phenoxy) is 1. The predicted octanol–water partition coefficient (Wildman–Crippen LogP) is 5.81. The number of anilines is 1. The number of fused-ring (bicyclic) bond motifs is 5. The van der Waals surface area contributed by atoms with Crippen LogP contribution in [0.15, 0.2) is 29.6 Å². The smallest absolute Gasteiger partial charge is 0.325 e. The Hall–Kier alpha value is -2.78. The minimum atomic E-state index is -0.235. The van der Waals surface area contributed by atoms with Crippen LogP contribution >= 0.6 is 11.3 Å². The molecule has 1 aromatic heterocycles. The Morgan fingerprint density at radius 2 is 2.10 bits per heavy atom. The molecule has 8 nitrogen and oxygen atoms in total. The van der Waals surface area contributed by atoms with Gasteiger partial charge in [0.05, 0.1) is 12.3 Å². The van der Waals surface area contributed by atoms with Gasteiger partial charge in [-0.1, -0.05) is 18.1 Å². The molecule has 3 aliphatic rings. The normalized spacial score (nSPS) is 28.1. The van der Waals surface area contributed by atoms with Crippen LogP contribution in [0.25, 0.3) is 0 Å². The number of amides is 1. The number of likely N-dealkylation sites (N-methyl/N-ethyl adjacent to an activating group) is 1. The van der Waals surface area contributed by atoms with E-state index in [9.17, 15) is 9.59 Å². The average Bonchev–Trinajstić information content (AvgIpc) is 3.43. The van der Waals surface area contributed by atoms with Crippen LogP contribution in [0.4, 0.5) is 5.13 Å². The highest BCUT2D eigenvalue weighted by molar-refractivity contribution is 7.15. The minimum absolute atomic E-state index is 0.0294. The van der Waals surface area contributed by atoms with E-state index in [1.54, 1.807) is 13.3 Å². The number of aryl methyl sites for hydroxylation is 2. The molecule has 5 atom stereocenters. The van der Waals surface area contributed by atoms with E-state index < -0.39 is 0 Å². The SMILES string of the molecule is CO/N=C1\C[C@@H](CCCC(=O)Nc2ncc(C)s2)C2C3CCc4cc(OC(=O)CN(C)C)ccc4C3CC[C@]12C. The molecule has 0 spiro atoms. The second-order valence-corrected chi connectivity index (χ2v) is 13.5. The molecule has 3 aliphatic carbocycles. The maximum absolute atomic E-state index is 12.6. The van der Waals surface area contributed by atoms with Gasteiger partial charge in [0, 0.05) is 22.9 Å². The highest BCUT2D eigenvalue weighted by Crippen LogP contribution is 2.62. The van der Waals surface area contributed by atoms with E-state index in [0.29, 0.717) is 41.0 Å². The predicted molar refractivity (Wildman–Crippen MR) is 158 cm³/mol. The van der Waals surface area contributed by atoms with Crippen molar-refractivity contribution in [3.8, 4) is 5.75 Å². The zero-order valence-corrected chi connectivity index (χ0v) is 25.2. The third-order valence-electron chi connectivity index (χ3n) is 9.30. The van der Waals surface area contributed by atoms with Crippen LogP contribution in [0.3, 0.4) is 0 Å². The van der Waals surface area contributed by atoms with Gasteiger partial charge in [-0.25, -0.2) is 4.98 Å². The fourth-order valence-corrected chi connectivity index (χ4v) is 8.44. The fourth-order valence-electron chi connectivity index (χ4n) is 7.76. The van der Waals surface area contributed by atoms with Gasteiger partial charge in [-0.15, -0.1) is 11.3 Å². The molecule has 1 amide bonds. The summed E-state index contributed by atoms with van der Waals surface area (Å²) in [5.41, 5.74) is 3.95.